The van der Waals surface area contributed by atoms with Gasteiger partial charge in [-0.25, -0.2) is 0 Å². The van der Waals surface area contributed by atoms with Gasteiger partial charge in [-0.2, -0.15) is 0 Å². The van der Waals surface area contributed by atoms with Crippen molar-refractivity contribution in [2.75, 3.05) is 17.3 Å². The lowest BCUT2D eigenvalue weighted by Crippen LogP contribution is -2.29. The number of ether oxygens (including phenoxy) is 2. The van der Waals surface area contributed by atoms with Crippen molar-refractivity contribution in [1.29, 1.82) is 0 Å². The van der Waals surface area contributed by atoms with Gasteiger partial charge in [0.15, 0.2) is 11.5 Å². The fourth-order valence-corrected chi connectivity index (χ4v) is 6.03. The summed E-state index contributed by atoms with van der Waals surface area (Å²) >= 11 is 0. The maximum absolute atomic E-state index is 13.7. The lowest BCUT2D eigenvalue weighted by atomic mass is 10.0. The van der Waals surface area contributed by atoms with E-state index in [-0.39, 0.29) is 41.6 Å². The summed E-state index contributed by atoms with van der Waals surface area (Å²) in [6.07, 6.45) is 4.44. The molecule has 0 radical (unpaired) electrons. The van der Waals surface area contributed by atoms with E-state index < -0.39 is 11.8 Å². The van der Waals surface area contributed by atoms with Gasteiger partial charge < -0.3 is 19.7 Å². The van der Waals surface area contributed by atoms with Crippen molar-refractivity contribution in [3.05, 3.63) is 82.4 Å². The number of benzene rings is 3. The third kappa shape index (κ3) is 4.71. The summed E-state index contributed by atoms with van der Waals surface area (Å²) in [5.41, 5.74) is 3.77. The van der Waals surface area contributed by atoms with Crippen LogP contribution in [0.3, 0.4) is 0 Å². The third-order valence-electron chi connectivity index (χ3n) is 8.06. The van der Waals surface area contributed by atoms with Gasteiger partial charge in [-0.15, -0.1) is 0 Å². The predicted octanol–water partition coefficient (Wildman–Crippen LogP) is 5.49. The Hall–Kier alpha value is -4.66. The van der Waals surface area contributed by atoms with E-state index in [1.807, 2.05) is 37.3 Å². The van der Waals surface area contributed by atoms with E-state index >= 15 is 0 Å². The Bertz CT molecular complexity index is 1590. The molecule has 0 aromatic heterocycles. The average Bonchev–Trinajstić information content (AvgIpc) is 3.62. The summed E-state index contributed by atoms with van der Waals surface area (Å²) < 4.78 is 11.8. The Balaban J connectivity index is 1.24. The molecule has 1 aliphatic carbocycles. The summed E-state index contributed by atoms with van der Waals surface area (Å²) in [5, 5.41) is 2.64. The lowest BCUT2D eigenvalue weighted by Gasteiger charge is -2.24. The SMILES string of the molecule is COc1ccc(N2C(=O)c3cc(CN4C(=O)c5ccc(NC(C)=O)cc5C4=O)ccc3C2C)cc1OC1CCCC1. The Morgan fingerprint density at radius 3 is 2.37 bits per heavy atom. The third-order valence-corrected chi connectivity index (χ3v) is 8.06. The molecule has 1 saturated carbocycles. The zero-order chi connectivity index (χ0) is 28.8. The van der Waals surface area contributed by atoms with Crippen molar-refractivity contribution in [3.63, 3.8) is 0 Å². The highest BCUT2D eigenvalue weighted by Crippen LogP contribution is 2.42. The number of carbonyl (C=O) groups is 4. The number of anilines is 2. The van der Waals surface area contributed by atoms with E-state index in [0.29, 0.717) is 34.0 Å². The Kier molecular flexibility index (Phi) is 6.73. The molecule has 0 spiro atoms. The number of imide groups is 1. The molecule has 1 atom stereocenters. The first-order chi connectivity index (χ1) is 19.7. The molecular weight excluding hydrogens is 522 g/mol. The topological polar surface area (TPSA) is 105 Å². The van der Waals surface area contributed by atoms with Gasteiger partial charge in [0.1, 0.15) is 0 Å². The van der Waals surface area contributed by atoms with E-state index in [2.05, 4.69) is 5.32 Å². The Morgan fingerprint density at radius 1 is 0.878 bits per heavy atom. The molecule has 1 N–H and O–H groups in total. The van der Waals surface area contributed by atoms with Gasteiger partial charge in [0.05, 0.1) is 36.9 Å². The number of methoxy groups -OCH3 is 1. The highest BCUT2D eigenvalue weighted by molar-refractivity contribution is 6.22. The molecule has 0 saturated heterocycles. The number of nitrogens with zero attached hydrogens (tertiary/aromatic N) is 2. The molecule has 9 heteroatoms. The smallest absolute Gasteiger partial charge is 0.261 e. The number of amides is 4. The van der Waals surface area contributed by atoms with E-state index in [1.165, 1.54) is 17.9 Å². The zero-order valence-electron chi connectivity index (χ0n) is 23.2. The fourth-order valence-electron chi connectivity index (χ4n) is 6.03. The van der Waals surface area contributed by atoms with Crippen LogP contribution in [0, 0.1) is 0 Å². The van der Waals surface area contributed by atoms with Crippen molar-refractivity contribution in [3.8, 4) is 11.5 Å². The highest BCUT2D eigenvalue weighted by atomic mass is 16.5. The van der Waals surface area contributed by atoms with Crippen molar-refractivity contribution >= 4 is 35.0 Å². The van der Waals surface area contributed by atoms with Crippen molar-refractivity contribution in [2.45, 2.75) is 58.2 Å². The Labute approximate surface area is 238 Å². The first-order valence-electron chi connectivity index (χ1n) is 13.8. The molecule has 9 nitrogen and oxygen atoms in total. The maximum Gasteiger partial charge on any atom is 0.261 e. The lowest BCUT2D eigenvalue weighted by molar-refractivity contribution is -0.114. The molecule has 4 amide bonds. The molecule has 3 aromatic rings. The molecule has 210 valence electrons. The molecule has 3 aliphatic rings. The normalized spacial score (nSPS) is 18.1. The number of carbonyl (C=O) groups excluding carboxylic acids is 4. The van der Waals surface area contributed by atoms with E-state index in [0.717, 1.165) is 31.2 Å². The predicted molar refractivity (Wildman–Crippen MR) is 152 cm³/mol. The monoisotopic (exact) mass is 553 g/mol. The van der Waals surface area contributed by atoms with Crippen LogP contribution in [0.1, 0.15) is 87.8 Å². The first kappa shape index (κ1) is 26.6. The van der Waals surface area contributed by atoms with Gasteiger partial charge in [0.2, 0.25) is 5.91 Å². The van der Waals surface area contributed by atoms with Crippen molar-refractivity contribution < 1.29 is 28.7 Å². The second-order valence-electron chi connectivity index (χ2n) is 10.8. The van der Waals surface area contributed by atoms with E-state index in [4.69, 9.17) is 9.47 Å². The van der Waals surface area contributed by atoms with Gasteiger partial charge in [0, 0.05) is 29.9 Å². The molecule has 6 rings (SSSR count). The largest absolute Gasteiger partial charge is 0.493 e. The Morgan fingerprint density at radius 2 is 1.63 bits per heavy atom. The number of hydrogen-bond donors (Lipinski definition) is 1. The van der Waals surface area contributed by atoms with Gasteiger partial charge in [-0.1, -0.05) is 12.1 Å². The minimum atomic E-state index is -0.438. The van der Waals surface area contributed by atoms with Crippen LogP contribution < -0.4 is 19.7 Å². The van der Waals surface area contributed by atoms with Gasteiger partial charge >= 0.3 is 0 Å². The number of hydrogen-bond acceptors (Lipinski definition) is 6. The van der Waals surface area contributed by atoms with Crippen LogP contribution in [0.15, 0.2) is 54.6 Å². The zero-order valence-corrected chi connectivity index (χ0v) is 23.2. The quantitative estimate of drug-likeness (QED) is 0.388. The van der Waals surface area contributed by atoms with E-state index in [9.17, 15) is 19.2 Å². The van der Waals surface area contributed by atoms with Gasteiger partial charge in [0.25, 0.3) is 17.7 Å². The number of rotatable bonds is 7. The fraction of sp³-hybridized carbons (Fsp3) is 0.312. The van der Waals surface area contributed by atoms with Gasteiger partial charge in [-0.3, -0.25) is 24.1 Å². The van der Waals surface area contributed by atoms with E-state index in [1.54, 1.807) is 30.2 Å². The van der Waals surface area contributed by atoms with Crippen molar-refractivity contribution in [1.82, 2.24) is 4.90 Å². The van der Waals surface area contributed by atoms with Crippen LogP contribution in [-0.4, -0.2) is 41.7 Å². The van der Waals surface area contributed by atoms with Crippen molar-refractivity contribution in [2.24, 2.45) is 0 Å². The number of nitrogens with one attached hydrogen (secondary N) is 1. The van der Waals surface area contributed by atoms with Gasteiger partial charge in [-0.05, 0) is 80.1 Å². The molecule has 2 aliphatic heterocycles. The summed E-state index contributed by atoms with van der Waals surface area (Å²) in [6.45, 7) is 3.38. The summed E-state index contributed by atoms with van der Waals surface area (Å²) in [6, 6.07) is 15.5. The molecule has 1 unspecified atom stereocenters. The minimum Gasteiger partial charge on any atom is -0.493 e. The van der Waals surface area contributed by atoms with Crippen LogP contribution in [0.2, 0.25) is 0 Å². The first-order valence-corrected chi connectivity index (χ1v) is 13.8. The molecule has 0 bridgehead atoms. The highest BCUT2D eigenvalue weighted by Gasteiger charge is 2.38. The van der Waals surface area contributed by atoms with Crippen LogP contribution >= 0.6 is 0 Å². The van der Waals surface area contributed by atoms with Crippen LogP contribution in [-0.2, 0) is 11.3 Å². The number of fused-ring (bicyclic) bond motifs is 2. The van der Waals surface area contributed by atoms with Crippen LogP contribution in [0.4, 0.5) is 11.4 Å². The van der Waals surface area contributed by atoms with Crippen LogP contribution in [0.5, 0.6) is 11.5 Å². The molecule has 2 heterocycles. The van der Waals surface area contributed by atoms with Crippen LogP contribution in [0.25, 0.3) is 0 Å². The molecule has 3 aromatic carbocycles. The summed E-state index contributed by atoms with van der Waals surface area (Å²) in [4.78, 5) is 54.2. The molecule has 1 fully saturated rings. The summed E-state index contributed by atoms with van der Waals surface area (Å²) in [7, 11) is 1.60. The second kappa shape index (κ2) is 10.4. The minimum absolute atomic E-state index is 0.0265. The maximum atomic E-state index is 13.7. The molecular formula is C32H31N3O6. The second-order valence-corrected chi connectivity index (χ2v) is 10.8. The molecule has 41 heavy (non-hydrogen) atoms. The average molecular weight is 554 g/mol. The standard InChI is InChI=1S/C32H31N3O6/c1-18-24-11-8-20(17-34-30(37)25-12-9-21(33-19(2)36)15-27(25)31(34)38)14-26(24)32(39)35(18)22-10-13-28(40-3)29(16-22)41-23-6-4-5-7-23/h8-16,18,23H,4-7,17H2,1-3H3,(H,33,36). The summed E-state index contributed by atoms with van der Waals surface area (Å²) in [5.74, 6) is -0.0162.